The Morgan fingerprint density at radius 2 is 2.05 bits per heavy atom. The molecule has 19 heavy (non-hydrogen) atoms. The summed E-state index contributed by atoms with van der Waals surface area (Å²) in [5.74, 6) is 0. The van der Waals surface area contributed by atoms with E-state index in [0.29, 0.717) is 0 Å². The predicted octanol–water partition coefficient (Wildman–Crippen LogP) is 1.42. The van der Waals surface area contributed by atoms with Crippen LogP contribution in [-0.2, 0) is 4.74 Å². The zero-order valence-corrected chi connectivity index (χ0v) is 13.2. The fourth-order valence-corrected chi connectivity index (χ4v) is 2.84. The van der Waals surface area contributed by atoms with Crippen LogP contribution in [0.1, 0.15) is 32.6 Å². The van der Waals surface area contributed by atoms with E-state index in [4.69, 9.17) is 4.74 Å². The maximum absolute atomic E-state index is 5.02. The van der Waals surface area contributed by atoms with E-state index in [1.54, 1.807) is 7.11 Å². The summed E-state index contributed by atoms with van der Waals surface area (Å²) >= 11 is 0. The molecule has 1 fully saturated rings. The van der Waals surface area contributed by atoms with E-state index in [9.17, 15) is 0 Å². The van der Waals surface area contributed by atoms with Crippen LogP contribution >= 0.6 is 0 Å². The van der Waals surface area contributed by atoms with Crippen molar-refractivity contribution in [3.05, 3.63) is 0 Å². The Hall–Kier alpha value is -0.160. The van der Waals surface area contributed by atoms with Gasteiger partial charge in [0.2, 0.25) is 0 Å². The fourth-order valence-electron chi connectivity index (χ4n) is 2.84. The van der Waals surface area contributed by atoms with Gasteiger partial charge in [0.05, 0.1) is 6.61 Å². The van der Waals surface area contributed by atoms with Crippen molar-refractivity contribution in [1.82, 2.24) is 15.1 Å². The maximum Gasteiger partial charge on any atom is 0.0587 e. The van der Waals surface area contributed by atoms with Crippen LogP contribution in [0.5, 0.6) is 0 Å². The number of nitrogens with one attached hydrogen (secondary N) is 1. The Balaban J connectivity index is 2.12. The standard InChI is InChI=1S/C15H33N3O/c1-4-15-14-17(2)10-7-12-18(15)11-6-5-8-16-9-13-19-3/h15-16H,4-14H2,1-3H3. The van der Waals surface area contributed by atoms with Gasteiger partial charge >= 0.3 is 0 Å². The van der Waals surface area contributed by atoms with Crippen molar-refractivity contribution in [3.8, 4) is 0 Å². The van der Waals surface area contributed by atoms with Crippen LogP contribution in [0.15, 0.2) is 0 Å². The van der Waals surface area contributed by atoms with Crippen LogP contribution in [0.3, 0.4) is 0 Å². The second-order valence-electron chi connectivity index (χ2n) is 5.66. The lowest BCUT2D eigenvalue weighted by molar-refractivity contribution is 0.179. The molecule has 0 bridgehead atoms. The second kappa shape index (κ2) is 10.6. The Morgan fingerprint density at radius 3 is 2.79 bits per heavy atom. The SMILES string of the molecule is CCC1CN(C)CCCN1CCCCNCCOC. The lowest BCUT2D eigenvalue weighted by Gasteiger charge is -2.30. The average Bonchev–Trinajstić information content (AvgIpc) is 2.59. The summed E-state index contributed by atoms with van der Waals surface area (Å²) in [5, 5.41) is 3.42. The molecule has 0 aromatic carbocycles. The van der Waals surface area contributed by atoms with E-state index in [2.05, 4.69) is 29.1 Å². The highest BCUT2D eigenvalue weighted by Crippen LogP contribution is 2.12. The van der Waals surface area contributed by atoms with E-state index in [1.807, 2.05) is 0 Å². The third-order valence-corrected chi connectivity index (χ3v) is 4.03. The molecule has 1 aliphatic heterocycles. The van der Waals surface area contributed by atoms with Gasteiger partial charge in [0.25, 0.3) is 0 Å². The molecule has 4 nitrogen and oxygen atoms in total. The van der Waals surface area contributed by atoms with E-state index >= 15 is 0 Å². The van der Waals surface area contributed by atoms with Crippen LogP contribution < -0.4 is 5.32 Å². The van der Waals surface area contributed by atoms with Gasteiger partial charge < -0.3 is 15.0 Å². The van der Waals surface area contributed by atoms with E-state index in [0.717, 1.165) is 25.7 Å². The third kappa shape index (κ3) is 7.25. The molecule has 1 rings (SSSR count). The summed E-state index contributed by atoms with van der Waals surface area (Å²) < 4.78 is 5.02. The normalized spacial score (nSPS) is 22.6. The van der Waals surface area contributed by atoms with Gasteiger partial charge in [-0.1, -0.05) is 6.92 Å². The molecule has 1 N–H and O–H groups in total. The Labute approximate surface area is 119 Å². The van der Waals surface area contributed by atoms with Crippen LogP contribution in [0, 0.1) is 0 Å². The van der Waals surface area contributed by atoms with Crippen LogP contribution in [0.2, 0.25) is 0 Å². The highest BCUT2D eigenvalue weighted by molar-refractivity contribution is 4.77. The minimum Gasteiger partial charge on any atom is -0.383 e. The van der Waals surface area contributed by atoms with Gasteiger partial charge in [0.15, 0.2) is 0 Å². The number of hydrogen-bond acceptors (Lipinski definition) is 4. The number of unbranched alkanes of at least 4 members (excludes halogenated alkanes) is 1. The molecule has 1 unspecified atom stereocenters. The number of hydrogen-bond donors (Lipinski definition) is 1. The first kappa shape index (κ1) is 16.9. The molecular weight excluding hydrogens is 238 g/mol. The molecule has 0 saturated carbocycles. The van der Waals surface area contributed by atoms with Gasteiger partial charge in [-0.3, -0.25) is 4.90 Å². The molecule has 0 aromatic heterocycles. The molecule has 0 radical (unpaired) electrons. The zero-order valence-electron chi connectivity index (χ0n) is 13.2. The molecule has 1 aliphatic rings. The Kier molecular flexibility index (Phi) is 9.43. The molecule has 0 aromatic rings. The summed E-state index contributed by atoms with van der Waals surface area (Å²) in [6.07, 6.45) is 5.17. The number of likely N-dealkylation sites (N-methyl/N-ethyl adjacent to an activating group) is 1. The highest BCUT2D eigenvalue weighted by atomic mass is 16.5. The number of nitrogens with zero attached hydrogens (tertiary/aromatic N) is 2. The maximum atomic E-state index is 5.02. The van der Waals surface area contributed by atoms with Crippen molar-refractivity contribution in [3.63, 3.8) is 0 Å². The van der Waals surface area contributed by atoms with Gasteiger partial charge in [-0.2, -0.15) is 0 Å². The fraction of sp³-hybridized carbons (Fsp3) is 1.00. The minimum absolute atomic E-state index is 0.758. The van der Waals surface area contributed by atoms with Crippen LogP contribution in [0.25, 0.3) is 0 Å². The minimum atomic E-state index is 0.758. The topological polar surface area (TPSA) is 27.7 Å². The molecule has 114 valence electrons. The first-order valence-electron chi connectivity index (χ1n) is 7.90. The first-order chi connectivity index (χ1) is 9.27. The molecule has 1 atom stereocenters. The van der Waals surface area contributed by atoms with Crippen molar-refractivity contribution < 1.29 is 4.74 Å². The summed E-state index contributed by atoms with van der Waals surface area (Å²) in [5.41, 5.74) is 0. The lowest BCUT2D eigenvalue weighted by atomic mass is 10.1. The first-order valence-corrected chi connectivity index (χ1v) is 7.90. The van der Waals surface area contributed by atoms with Crippen molar-refractivity contribution in [2.75, 3.05) is 60.0 Å². The summed E-state index contributed by atoms with van der Waals surface area (Å²) in [6.45, 7) is 10.3. The van der Waals surface area contributed by atoms with Gasteiger partial charge in [-0.25, -0.2) is 0 Å². The van der Waals surface area contributed by atoms with Crippen LogP contribution in [0.4, 0.5) is 0 Å². The molecule has 0 spiro atoms. The molecular formula is C15H33N3O. The third-order valence-electron chi connectivity index (χ3n) is 4.03. The Morgan fingerprint density at radius 1 is 1.21 bits per heavy atom. The highest BCUT2D eigenvalue weighted by Gasteiger charge is 2.20. The molecule has 1 saturated heterocycles. The molecule has 0 aliphatic carbocycles. The molecule has 4 heteroatoms. The number of ether oxygens (including phenoxy) is 1. The van der Waals surface area contributed by atoms with Gasteiger partial charge in [-0.15, -0.1) is 0 Å². The van der Waals surface area contributed by atoms with Crippen molar-refractivity contribution in [2.24, 2.45) is 0 Å². The summed E-state index contributed by atoms with van der Waals surface area (Å²) in [4.78, 5) is 5.19. The monoisotopic (exact) mass is 271 g/mol. The zero-order chi connectivity index (χ0) is 13.9. The lowest BCUT2D eigenvalue weighted by Crippen LogP contribution is -2.40. The summed E-state index contributed by atoms with van der Waals surface area (Å²) in [6, 6.07) is 0.758. The van der Waals surface area contributed by atoms with E-state index < -0.39 is 0 Å². The van der Waals surface area contributed by atoms with Crippen molar-refractivity contribution in [2.45, 2.75) is 38.6 Å². The molecule has 1 heterocycles. The number of methoxy groups -OCH3 is 1. The number of rotatable bonds is 9. The average molecular weight is 271 g/mol. The van der Waals surface area contributed by atoms with E-state index in [-0.39, 0.29) is 0 Å². The van der Waals surface area contributed by atoms with Gasteiger partial charge in [0, 0.05) is 26.2 Å². The van der Waals surface area contributed by atoms with Gasteiger partial charge in [0.1, 0.15) is 0 Å². The van der Waals surface area contributed by atoms with E-state index in [1.165, 1.54) is 51.9 Å². The second-order valence-corrected chi connectivity index (χ2v) is 5.66. The summed E-state index contributed by atoms with van der Waals surface area (Å²) in [7, 11) is 4.01. The Bertz CT molecular complexity index is 214. The molecule has 0 amide bonds. The quantitative estimate of drug-likeness (QED) is 0.642. The van der Waals surface area contributed by atoms with Gasteiger partial charge in [-0.05, 0) is 58.9 Å². The smallest absolute Gasteiger partial charge is 0.0587 e. The van der Waals surface area contributed by atoms with Crippen molar-refractivity contribution in [1.29, 1.82) is 0 Å². The van der Waals surface area contributed by atoms with Crippen LogP contribution in [-0.4, -0.2) is 75.9 Å². The van der Waals surface area contributed by atoms with Crippen molar-refractivity contribution >= 4 is 0 Å². The largest absolute Gasteiger partial charge is 0.383 e. The predicted molar refractivity (Wildman–Crippen MR) is 81.7 cm³/mol.